The lowest BCUT2D eigenvalue weighted by molar-refractivity contribution is -0.181. The molecular formula is C21H25N3O3. The molecule has 6 nitrogen and oxygen atoms in total. The maximum absolute atomic E-state index is 12.9. The van der Waals surface area contributed by atoms with Gasteiger partial charge in [0.25, 0.3) is 5.91 Å². The van der Waals surface area contributed by atoms with Crippen molar-refractivity contribution in [1.29, 1.82) is 0 Å². The minimum atomic E-state index is -0.470. The normalized spacial score (nSPS) is 18.6. The fourth-order valence-electron chi connectivity index (χ4n) is 3.72. The molecule has 1 aromatic carbocycles. The van der Waals surface area contributed by atoms with Gasteiger partial charge in [0.2, 0.25) is 0 Å². The van der Waals surface area contributed by atoms with Crippen molar-refractivity contribution < 1.29 is 14.3 Å². The summed E-state index contributed by atoms with van der Waals surface area (Å²) in [5, 5.41) is 0. The number of nitrogens with zero attached hydrogens (tertiary/aromatic N) is 3. The van der Waals surface area contributed by atoms with Crippen molar-refractivity contribution in [3.63, 3.8) is 0 Å². The third kappa shape index (κ3) is 3.96. The molecule has 0 saturated carbocycles. The van der Waals surface area contributed by atoms with Crippen molar-refractivity contribution in [2.24, 2.45) is 0 Å². The van der Waals surface area contributed by atoms with E-state index in [1.807, 2.05) is 42.3 Å². The summed E-state index contributed by atoms with van der Waals surface area (Å²) < 4.78 is 11.5. The van der Waals surface area contributed by atoms with Gasteiger partial charge in [0.15, 0.2) is 5.79 Å². The molecule has 142 valence electrons. The van der Waals surface area contributed by atoms with E-state index in [0.29, 0.717) is 44.8 Å². The Labute approximate surface area is 159 Å². The number of amides is 1. The zero-order chi connectivity index (χ0) is 18.7. The number of hydrogen-bond donors (Lipinski definition) is 0. The predicted octanol–water partition coefficient (Wildman–Crippen LogP) is 2.70. The molecule has 1 amide bonds. The summed E-state index contributed by atoms with van der Waals surface area (Å²) in [5.74, 6) is -0.500. The zero-order valence-electron chi connectivity index (χ0n) is 15.6. The summed E-state index contributed by atoms with van der Waals surface area (Å²) in [6, 6.07) is 14.1. The summed E-state index contributed by atoms with van der Waals surface area (Å²) >= 11 is 0. The van der Waals surface area contributed by atoms with Crippen molar-refractivity contribution in [1.82, 2.24) is 9.88 Å². The highest BCUT2D eigenvalue weighted by atomic mass is 16.7. The Hall–Kier alpha value is -2.44. The van der Waals surface area contributed by atoms with Crippen LogP contribution in [0.1, 0.15) is 28.9 Å². The minimum Gasteiger partial charge on any atom is -0.370 e. The van der Waals surface area contributed by atoms with Crippen molar-refractivity contribution in [2.75, 3.05) is 38.3 Å². The number of likely N-dealkylation sites (tertiary alicyclic amines) is 1. The third-order valence-corrected chi connectivity index (χ3v) is 5.29. The first kappa shape index (κ1) is 17.9. The summed E-state index contributed by atoms with van der Waals surface area (Å²) in [6.45, 7) is 3.32. The molecule has 1 spiro atoms. The molecule has 4 rings (SSSR count). The molecule has 3 heterocycles. The Morgan fingerprint density at radius 1 is 1.15 bits per heavy atom. The first-order valence-corrected chi connectivity index (χ1v) is 9.44. The molecule has 0 N–H and O–H groups in total. The first-order chi connectivity index (χ1) is 13.2. The number of ether oxygens (including phenoxy) is 2. The van der Waals surface area contributed by atoms with Crippen LogP contribution in [-0.2, 0) is 16.0 Å². The maximum Gasteiger partial charge on any atom is 0.272 e. The molecule has 0 radical (unpaired) electrons. The minimum absolute atomic E-state index is 0.0298. The van der Waals surface area contributed by atoms with Gasteiger partial charge >= 0.3 is 0 Å². The number of piperidine rings is 1. The number of anilines is 1. The van der Waals surface area contributed by atoms with Gasteiger partial charge in [0, 0.05) is 51.4 Å². The number of carbonyl (C=O) groups excluding carboxylic acids is 1. The summed E-state index contributed by atoms with van der Waals surface area (Å²) in [6.07, 6.45) is 3.14. The largest absolute Gasteiger partial charge is 0.370 e. The lowest BCUT2D eigenvalue weighted by Gasteiger charge is -2.37. The van der Waals surface area contributed by atoms with E-state index in [9.17, 15) is 4.79 Å². The average molecular weight is 367 g/mol. The van der Waals surface area contributed by atoms with E-state index < -0.39 is 5.79 Å². The quantitative estimate of drug-likeness (QED) is 0.832. The lowest BCUT2D eigenvalue weighted by Crippen LogP contribution is -2.47. The van der Waals surface area contributed by atoms with Crippen LogP contribution >= 0.6 is 0 Å². The topological polar surface area (TPSA) is 54.9 Å². The lowest BCUT2D eigenvalue weighted by atomic mass is 10.0. The van der Waals surface area contributed by atoms with E-state index in [0.717, 1.165) is 12.2 Å². The molecular weight excluding hydrogens is 342 g/mol. The Balaban J connectivity index is 1.42. The first-order valence-electron chi connectivity index (χ1n) is 9.44. The van der Waals surface area contributed by atoms with E-state index in [-0.39, 0.29) is 5.91 Å². The van der Waals surface area contributed by atoms with Gasteiger partial charge in [-0.25, -0.2) is 0 Å². The highest BCUT2D eigenvalue weighted by molar-refractivity contribution is 5.93. The van der Waals surface area contributed by atoms with Crippen LogP contribution in [0, 0.1) is 0 Å². The molecule has 0 aliphatic carbocycles. The highest BCUT2D eigenvalue weighted by Gasteiger charge is 2.41. The van der Waals surface area contributed by atoms with Gasteiger partial charge in [-0.15, -0.1) is 0 Å². The SMILES string of the molecule is CN(Cc1ccccc1)c1ccnc(C(=O)N2CCC3(CC2)OCCO3)c1. The second kappa shape index (κ2) is 7.66. The monoisotopic (exact) mass is 367 g/mol. The summed E-state index contributed by atoms with van der Waals surface area (Å²) in [4.78, 5) is 21.2. The third-order valence-electron chi connectivity index (χ3n) is 5.29. The molecule has 0 unspecified atom stereocenters. The van der Waals surface area contributed by atoms with Gasteiger partial charge in [-0.1, -0.05) is 30.3 Å². The summed E-state index contributed by atoms with van der Waals surface area (Å²) in [7, 11) is 2.02. The maximum atomic E-state index is 12.9. The van der Waals surface area contributed by atoms with Gasteiger partial charge < -0.3 is 19.3 Å². The van der Waals surface area contributed by atoms with Crippen molar-refractivity contribution in [3.8, 4) is 0 Å². The second-order valence-corrected chi connectivity index (χ2v) is 7.14. The molecule has 27 heavy (non-hydrogen) atoms. The smallest absolute Gasteiger partial charge is 0.272 e. The molecule has 2 aliphatic rings. The standard InChI is InChI=1S/C21H25N3O3/c1-23(16-17-5-3-2-4-6-17)18-7-10-22-19(15-18)20(25)24-11-8-21(9-12-24)26-13-14-27-21/h2-7,10,15H,8-9,11-14,16H2,1H3. The number of aromatic nitrogens is 1. The van der Waals surface area contributed by atoms with Crippen LogP contribution < -0.4 is 4.90 Å². The van der Waals surface area contributed by atoms with E-state index in [1.54, 1.807) is 6.20 Å². The number of benzene rings is 1. The van der Waals surface area contributed by atoms with Crippen LogP contribution in [0.4, 0.5) is 5.69 Å². The fraction of sp³-hybridized carbons (Fsp3) is 0.429. The Bertz CT molecular complexity index is 780. The predicted molar refractivity (Wildman–Crippen MR) is 103 cm³/mol. The Kier molecular flexibility index (Phi) is 5.09. The Morgan fingerprint density at radius 2 is 1.85 bits per heavy atom. The van der Waals surface area contributed by atoms with Crippen molar-refractivity contribution in [3.05, 3.63) is 59.9 Å². The van der Waals surface area contributed by atoms with Gasteiger partial charge in [0.05, 0.1) is 13.2 Å². The fourth-order valence-corrected chi connectivity index (χ4v) is 3.72. The molecule has 6 heteroatoms. The van der Waals surface area contributed by atoms with Gasteiger partial charge in [-0.05, 0) is 17.7 Å². The zero-order valence-corrected chi connectivity index (χ0v) is 15.6. The average Bonchev–Trinajstić information content (AvgIpc) is 3.17. The number of hydrogen-bond acceptors (Lipinski definition) is 5. The highest BCUT2D eigenvalue weighted by Crippen LogP contribution is 2.31. The van der Waals surface area contributed by atoms with Crippen molar-refractivity contribution >= 4 is 11.6 Å². The van der Waals surface area contributed by atoms with E-state index in [4.69, 9.17) is 9.47 Å². The van der Waals surface area contributed by atoms with E-state index in [1.165, 1.54) is 5.56 Å². The number of pyridine rings is 1. The van der Waals surface area contributed by atoms with Crippen LogP contribution in [0.15, 0.2) is 48.7 Å². The van der Waals surface area contributed by atoms with Gasteiger partial charge in [0.1, 0.15) is 5.69 Å². The molecule has 2 aromatic rings. The molecule has 1 aromatic heterocycles. The second-order valence-electron chi connectivity index (χ2n) is 7.14. The van der Waals surface area contributed by atoms with Crippen LogP contribution in [0.3, 0.4) is 0 Å². The van der Waals surface area contributed by atoms with Crippen LogP contribution in [0.25, 0.3) is 0 Å². The van der Waals surface area contributed by atoms with Crippen LogP contribution in [0.2, 0.25) is 0 Å². The van der Waals surface area contributed by atoms with Gasteiger partial charge in [-0.3, -0.25) is 9.78 Å². The number of rotatable bonds is 4. The van der Waals surface area contributed by atoms with Crippen LogP contribution in [0.5, 0.6) is 0 Å². The van der Waals surface area contributed by atoms with Crippen molar-refractivity contribution in [2.45, 2.75) is 25.2 Å². The molecule has 2 aliphatic heterocycles. The van der Waals surface area contributed by atoms with Crippen LogP contribution in [-0.4, -0.2) is 54.9 Å². The Morgan fingerprint density at radius 3 is 2.56 bits per heavy atom. The molecule has 2 fully saturated rings. The van der Waals surface area contributed by atoms with E-state index >= 15 is 0 Å². The van der Waals surface area contributed by atoms with E-state index in [2.05, 4.69) is 22.0 Å². The molecule has 0 bridgehead atoms. The van der Waals surface area contributed by atoms with Gasteiger partial charge in [-0.2, -0.15) is 0 Å². The summed E-state index contributed by atoms with van der Waals surface area (Å²) in [5.41, 5.74) is 2.69. The number of carbonyl (C=O) groups is 1. The molecule has 0 atom stereocenters. The molecule has 2 saturated heterocycles.